The molecule has 0 saturated heterocycles. The van der Waals surface area contributed by atoms with Gasteiger partial charge in [0.2, 0.25) is 0 Å². The molecule has 0 aliphatic rings. The van der Waals surface area contributed by atoms with Crippen molar-refractivity contribution in [2.45, 2.75) is 19.4 Å². The number of benzene rings is 1. The maximum absolute atomic E-state index is 9.69. The number of phenolic OH excluding ortho intramolecular Hbond substituents is 1. The molecule has 0 aliphatic heterocycles. The van der Waals surface area contributed by atoms with Crippen molar-refractivity contribution in [2.24, 2.45) is 5.73 Å². The maximum Gasteiger partial charge on any atom is 0.172 e. The molecule has 16 heavy (non-hydrogen) atoms. The third-order valence-corrected chi connectivity index (χ3v) is 2.69. The van der Waals surface area contributed by atoms with E-state index < -0.39 is 0 Å². The topological polar surface area (TPSA) is 79.3 Å². The number of aromatic hydroxyl groups is 1. The van der Waals surface area contributed by atoms with Crippen molar-refractivity contribution in [1.29, 1.82) is 5.26 Å². The first-order valence-corrected chi connectivity index (χ1v) is 5.67. The third-order valence-electron chi connectivity index (χ3n) is 2.09. The largest absolute Gasteiger partial charge is 0.503 e. The van der Waals surface area contributed by atoms with E-state index in [1.165, 1.54) is 0 Å². The molecule has 1 aromatic rings. The van der Waals surface area contributed by atoms with E-state index in [1.54, 1.807) is 12.1 Å². The van der Waals surface area contributed by atoms with Gasteiger partial charge < -0.3 is 15.6 Å². The fourth-order valence-electron chi connectivity index (χ4n) is 1.29. The molecule has 0 spiro atoms. The highest BCUT2D eigenvalue weighted by Crippen LogP contribution is 2.37. The Morgan fingerprint density at radius 2 is 2.31 bits per heavy atom. The van der Waals surface area contributed by atoms with Crippen LogP contribution >= 0.6 is 15.9 Å². The summed E-state index contributed by atoms with van der Waals surface area (Å²) in [5.74, 6) is 0.426. The summed E-state index contributed by atoms with van der Waals surface area (Å²) in [7, 11) is 0. The zero-order valence-corrected chi connectivity index (χ0v) is 10.5. The summed E-state index contributed by atoms with van der Waals surface area (Å²) in [6, 6.07) is 4.99. The Hall–Kier alpha value is -1.25. The molecule has 0 unspecified atom stereocenters. The van der Waals surface area contributed by atoms with Crippen molar-refractivity contribution in [1.82, 2.24) is 0 Å². The number of hydrogen-bond acceptors (Lipinski definition) is 4. The van der Waals surface area contributed by atoms with E-state index in [1.807, 2.05) is 13.0 Å². The Kier molecular flexibility index (Phi) is 4.59. The zero-order valence-electron chi connectivity index (χ0n) is 8.90. The fraction of sp³-hybridized carbons (Fsp3) is 0.364. The van der Waals surface area contributed by atoms with Gasteiger partial charge in [0, 0.05) is 6.04 Å². The second-order valence-electron chi connectivity index (χ2n) is 3.25. The summed E-state index contributed by atoms with van der Waals surface area (Å²) in [5.41, 5.74) is 6.57. The Bertz CT molecular complexity index is 415. The van der Waals surface area contributed by atoms with Crippen LogP contribution in [0.2, 0.25) is 0 Å². The summed E-state index contributed by atoms with van der Waals surface area (Å²) in [4.78, 5) is 0. The van der Waals surface area contributed by atoms with E-state index in [4.69, 9.17) is 15.7 Å². The number of hydrogen-bond donors (Lipinski definition) is 2. The zero-order chi connectivity index (χ0) is 12.1. The Balaban J connectivity index is 3.08. The lowest BCUT2D eigenvalue weighted by Gasteiger charge is -2.13. The molecule has 5 heteroatoms. The lowest BCUT2D eigenvalue weighted by molar-refractivity contribution is 0.316. The highest BCUT2D eigenvalue weighted by Gasteiger charge is 2.13. The molecule has 0 aromatic heterocycles. The minimum Gasteiger partial charge on any atom is -0.503 e. The molecule has 0 fully saturated rings. The quantitative estimate of drug-likeness (QED) is 0.890. The first kappa shape index (κ1) is 12.8. The van der Waals surface area contributed by atoms with Crippen molar-refractivity contribution >= 4 is 15.9 Å². The van der Waals surface area contributed by atoms with Crippen LogP contribution in [-0.2, 0) is 0 Å². The third kappa shape index (κ3) is 2.87. The van der Waals surface area contributed by atoms with Crippen molar-refractivity contribution in [2.75, 3.05) is 6.61 Å². The predicted octanol–water partition coefficient (Wildman–Crippen LogP) is 2.47. The summed E-state index contributed by atoms with van der Waals surface area (Å²) >= 11 is 3.22. The van der Waals surface area contributed by atoms with Crippen LogP contribution in [0.25, 0.3) is 0 Å². The van der Waals surface area contributed by atoms with E-state index in [0.717, 1.165) is 5.56 Å². The van der Waals surface area contributed by atoms with Gasteiger partial charge in [0.25, 0.3) is 0 Å². The molecule has 1 atom stereocenters. The van der Waals surface area contributed by atoms with Crippen LogP contribution in [0.3, 0.4) is 0 Å². The average molecular weight is 285 g/mol. The van der Waals surface area contributed by atoms with Crippen molar-refractivity contribution in [3.05, 3.63) is 22.2 Å². The second kappa shape index (κ2) is 5.73. The standard InChI is InChI=1S/C11H13BrN2O2/c1-2-16-10-6-7(9(14)3-4-13)5-8(12)11(10)15/h5-6,9,15H,2-3,14H2,1H3/t9-/m0/s1. The van der Waals surface area contributed by atoms with Gasteiger partial charge >= 0.3 is 0 Å². The van der Waals surface area contributed by atoms with Gasteiger partial charge in [-0.05, 0) is 40.5 Å². The van der Waals surface area contributed by atoms with Gasteiger partial charge in [0.05, 0.1) is 23.6 Å². The van der Waals surface area contributed by atoms with Crippen LogP contribution in [0.15, 0.2) is 16.6 Å². The fourth-order valence-corrected chi connectivity index (χ4v) is 1.75. The van der Waals surface area contributed by atoms with E-state index in [-0.39, 0.29) is 18.2 Å². The number of rotatable bonds is 4. The number of nitrogens with two attached hydrogens (primary N) is 1. The summed E-state index contributed by atoms with van der Waals surface area (Å²) in [5, 5.41) is 18.3. The molecule has 3 N–H and O–H groups in total. The number of nitriles is 1. The van der Waals surface area contributed by atoms with Crippen LogP contribution in [0.4, 0.5) is 0 Å². The highest BCUT2D eigenvalue weighted by atomic mass is 79.9. The molecular formula is C11H13BrN2O2. The SMILES string of the molecule is CCOc1cc([C@@H](N)CC#N)cc(Br)c1O. The van der Waals surface area contributed by atoms with Gasteiger partial charge in [-0.25, -0.2) is 0 Å². The van der Waals surface area contributed by atoms with E-state index in [2.05, 4.69) is 15.9 Å². The predicted molar refractivity (Wildman–Crippen MR) is 64.1 cm³/mol. The average Bonchev–Trinajstić information content (AvgIpc) is 2.25. The van der Waals surface area contributed by atoms with Gasteiger partial charge in [0.1, 0.15) is 0 Å². The number of halogens is 1. The Morgan fingerprint density at radius 3 is 2.88 bits per heavy atom. The van der Waals surface area contributed by atoms with Gasteiger partial charge in [-0.2, -0.15) is 5.26 Å². The number of nitrogens with zero attached hydrogens (tertiary/aromatic N) is 1. The van der Waals surface area contributed by atoms with Crippen LogP contribution in [-0.4, -0.2) is 11.7 Å². The molecule has 4 nitrogen and oxygen atoms in total. The normalized spacial score (nSPS) is 11.9. The van der Waals surface area contributed by atoms with Gasteiger partial charge in [-0.1, -0.05) is 0 Å². The van der Waals surface area contributed by atoms with Crippen molar-refractivity contribution in [3.63, 3.8) is 0 Å². The van der Waals surface area contributed by atoms with E-state index in [0.29, 0.717) is 16.8 Å². The van der Waals surface area contributed by atoms with Crippen LogP contribution < -0.4 is 10.5 Å². The molecule has 86 valence electrons. The van der Waals surface area contributed by atoms with Gasteiger partial charge in [0.15, 0.2) is 11.5 Å². The first-order chi connectivity index (χ1) is 7.60. The lowest BCUT2D eigenvalue weighted by Crippen LogP contribution is -2.09. The lowest BCUT2D eigenvalue weighted by atomic mass is 10.0. The minimum atomic E-state index is -0.374. The maximum atomic E-state index is 9.69. The Labute approximate surface area is 103 Å². The summed E-state index contributed by atoms with van der Waals surface area (Å²) in [6.07, 6.45) is 0.225. The monoisotopic (exact) mass is 284 g/mol. The molecule has 1 aromatic carbocycles. The summed E-state index contributed by atoms with van der Waals surface area (Å²) < 4.78 is 5.78. The molecular weight excluding hydrogens is 272 g/mol. The van der Waals surface area contributed by atoms with E-state index in [9.17, 15) is 5.11 Å². The van der Waals surface area contributed by atoms with E-state index >= 15 is 0 Å². The van der Waals surface area contributed by atoms with Crippen LogP contribution in [0.1, 0.15) is 24.9 Å². The molecule has 0 heterocycles. The van der Waals surface area contributed by atoms with Crippen LogP contribution in [0.5, 0.6) is 11.5 Å². The smallest absolute Gasteiger partial charge is 0.172 e. The molecule has 1 rings (SSSR count). The van der Waals surface area contributed by atoms with Crippen LogP contribution in [0, 0.1) is 11.3 Å². The molecule has 0 saturated carbocycles. The van der Waals surface area contributed by atoms with Crippen molar-refractivity contribution < 1.29 is 9.84 Å². The number of ether oxygens (including phenoxy) is 1. The molecule has 0 aliphatic carbocycles. The van der Waals surface area contributed by atoms with Gasteiger partial charge in [-0.3, -0.25) is 0 Å². The number of phenols is 1. The molecule has 0 bridgehead atoms. The van der Waals surface area contributed by atoms with Gasteiger partial charge in [-0.15, -0.1) is 0 Å². The minimum absolute atomic E-state index is 0.0507. The molecule has 0 radical (unpaired) electrons. The Morgan fingerprint density at radius 1 is 1.62 bits per heavy atom. The first-order valence-electron chi connectivity index (χ1n) is 4.87. The summed E-state index contributed by atoms with van der Waals surface area (Å²) in [6.45, 7) is 2.28. The molecule has 0 amide bonds. The highest BCUT2D eigenvalue weighted by molar-refractivity contribution is 9.10. The second-order valence-corrected chi connectivity index (χ2v) is 4.11. The van der Waals surface area contributed by atoms with Crippen molar-refractivity contribution in [3.8, 4) is 17.6 Å².